The van der Waals surface area contributed by atoms with Crippen molar-refractivity contribution >= 4 is 119 Å². The lowest BCUT2D eigenvalue weighted by Gasteiger charge is -2.19. The van der Waals surface area contributed by atoms with Gasteiger partial charge in [0.25, 0.3) is 11.8 Å². The van der Waals surface area contributed by atoms with Gasteiger partial charge in [0.05, 0.1) is 57.6 Å². The summed E-state index contributed by atoms with van der Waals surface area (Å²) in [5.41, 5.74) is 20.8. The molecule has 0 bridgehead atoms. The van der Waals surface area contributed by atoms with Gasteiger partial charge in [-0.3, -0.25) is 19.0 Å². The second-order valence-electron chi connectivity index (χ2n) is 34.7. The average Bonchev–Trinajstić information content (AvgIpc) is 1.62. The number of carbonyl (C=O) groups is 7. The topological polar surface area (TPSA) is 346 Å². The monoisotopic (exact) mass is 1810 g/mol. The van der Waals surface area contributed by atoms with Crippen LogP contribution in [0.5, 0.6) is 0 Å². The maximum Gasteiger partial charge on any atom is 0.437 e. The second-order valence-corrected chi connectivity index (χ2v) is 34.7. The van der Waals surface area contributed by atoms with Gasteiger partial charge in [-0.2, -0.15) is 9.36 Å². The van der Waals surface area contributed by atoms with Crippen LogP contribution in [0.2, 0.25) is 0 Å². The number of benzene rings is 10. The average molecular weight is 1810 g/mol. The molecule has 134 heavy (non-hydrogen) atoms. The lowest BCUT2D eigenvalue weighted by atomic mass is 9.89. The third-order valence-corrected chi connectivity index (χ3v) is 22.5. The molecular formula is C104H117N19O11. The summed E-state index contributed by atoms with van der Waals surface area (Å²) in [6.45, 7) is 32.0. The van der Waals surface area contributed by atoms with Crippen LogP contribution in [-0.2, 0) is 25.6 Å². The van der Waals surface area contributed by atoms with Gasteiger partial charge in [0.1, 0.15) is 69.0 Å². The van der Waals surface area contributed by atoms with Gasteiger partial charge in [0.2, 0.25) is 5.91 Å². The molecule has 694 valence electrons. The van der Waals surface area contributed by atoms with Crippen LogP contribution in [0.15, 0.2) is 231 Å². The molecule has 0 amide bonds. The van der Waals surface area contributed by atoms with Gasteiger partial charge in [-0.25, -0.2) is 33.7 Å². The van der Waals surface area contributed by atoms with Crippen LogP contribution < -0.4 is 0 Å². The molecule has 0 aliphatic heterocycles. The Labute approximate surface area is 778 Å². The van der Waals surface area contributed by atoms with Gasteiger partial charge in [0, 0.05) is 5.92 Å². The maximum atomic E-state index is 12.9. The van der Waals surface area contributed by atoms with E-state index in [-0.39, 0.29) is 48.2 Å². The minimum absolute atomic E-state index is 0.0324. The summed E-state index contributed by atoms with van der Waals surface area (Å²) in [4.78, 5) is 94.4. The molecule has 3 unspecified atom stereocenters. The highest BCUT2D eigenvalue weighted by atomic mass is 16.6. The number of rotatable bonds is 16. The molecule has 10 aromatic carbocycles. The fraction of sp³-hybridized carbons (Fsp3) is 0.337. The Morgan fingerprint density at radius 1 is 0.381 bits per heavy atom. The number of aryl methyl sites for hydroxylation is 7. The van der Waals surface area contributed by atoms with E-state index in [2.05, 4.69) is 75.4 Å². The Kier molecular flexibility index (Phi) is 33.8. The first-order valence-electron chi connectivity index (χ1n) is 45.5. The Morgan fingerprint density at radius 2 is 0.746 bits per heavy atom. The summed E-state index contributed by atoms with van der Waals surface area (Å²) in [6.07, 6.45) is 12.6. The number of imidazole rings is 2. The zero-order valence-corrected chi connectivity index (χ0v) is 79.0. The van der Waals surface area contributed by atoms with Crippen molar-refractivity contribution in [2.24, 2.45) is 11.8 Å². The zero-order valence-electron chi connectivity index (χ0n) is 79.0. The first kappa shape index (κ1) is 98.1. The minimum atomic E-state index is -0.542. The summed E-state index contributed by atoms with van der Waals surface area (Å²) in [6, 6.07) is 69.7. The molecule has 18 rings (SSSR count). The molecule has 7 aromatic heterocycles. The van der Waals surface area contributed by atoms with Crippen LogP contribution in [0, 0.1) is 60.3 Å². The molecule has 1 aliphatic carbocycles. The van der Waals surface area contributed by atoms with Crippen molar-refractivity contribution in [2.75, 3.05) is 6.61 Å². The largest absolute Gasteiger partial charge is 0.448 e. The zero-order chi connectivity index (χ0) is 95.7. The number of fused-ring (bicyclic) bond motifs is 7. The number of hydrogen-bond acceptors (Lipinski definition) is 23. The van der Waals surface area contributed by atoms with Crippen molar-refractivity contribution in [3.05, 3.63) is 287 Å². The Bertz CT molecular complexity index is 6740. The van der Waals surface area contributed by atoms with Crippen LogP contribution in [0.25, 0.3) is 77.2 Å². The highest BCUT2D eigenvalue weighted by molar-refractivity contribution is 5.96. The molecule has 30 nitrogen and oxygen atoms in total. The van der Waals surface area contributed by atoms with E-state index in [1.165, 1.54) is 47.1 Å². The number of carbonyl (C=O) groups excluding carboxylic acids is 7. The smallest absolute Gasteiger partial charge is 0.437 e. The lowest BCUT2D eigenvalue weighted by molar-refractivity contribution is 0.0518. The van der Waals surface area contributed by atoms with Crippen LogP contribution in [0.1, 0.15) is 215 Å². The summed E-state index contributed by atoms with van der Waals surface area (Å²) in [7, 11) is 0. The molecule has 7 heterocycles. The molecule has 0 spiro atoms. The molecule has 0 N–H and O–H groups in total. The van der Waals surface area contributed by atoms with E-state index in [1.54, 1.807) is 24.7 Å². The van der Waals surface area contributed by atoms with E-state index in [0.29, 0.717) is 45.6 Å². The Morgan fingerprint density at radius 3 is 1.16 bits per heavy atom. The molecule has 30 heteroatoms. The number of nitrogens with zero attached hydrogens (tertiary/aromatic N) is 19. The van der Waals surface area contributed by atoms with E-state index >= 15 is 0 Å². The molecule has 1 saturated carbocycles. The van der Waals surface area contributed by atoms with Crippen LogP contribution in [0.4, 0.5) is 19.2 Å². The third kappa shape index (κ3) is 25.6. The summed E-state index contributed by atoms with van der Waals surface area (Å²) < 4.78 is 30.6. The van der Waals surface area contributed by atoms with Crippen molar-refractivity contribution in [3.8, 4) is 0 Å². The molecule has 1 aliphatic rings. The maximum absolute atomic E-state index is 12.9. The molecule has 3 atom stereocenters. The van der Waals surface area contributed by atoms with Crippen molar-refractivity contribution < 1.29 is 52.5 Å². The number of aromatic nitrogens is 19. The minimum Gasteiger partial charge on any atom is -0.448 e. The van der Waals surface area contributed by atoms with Crippen LogP contribution in [0.3, 0.4) is 0 Å². The standard InChI is InChI=1S/C18H18N2O.C17H17N3O.C16H23N3O2.C16H14N2O2.C14H17N3O.C12H15N3O2.C11H13N3O2/c1-3-15(14-7-5-4-6-8-14)18(21)20-12-19-16-11-13(2)9-10-17(16)20;1-3-14(13-7-5-4-6-8-13)17(21)20-16-10-9-12(2)11-15(16)18-19-20;1-4-6-7-13(5-2)11-21-16(20)19-15-9-8-12(3)10-14(15)17-18-19;1-12-7-8-15-14(9-12)17-11-18(15)16(19)20-10-13-5-3-2-4-6-13;1-10-7-8-13-12(9-10)15-16-17(13)14(18)11-5-3-2-4-6-11;1-8-5-6-10-9(7-8)13-14-15(10)11(16)17-12(2,3)4;1-7(2)16-11(15)14-10-5-4-8(3)6-9(10)12-13-14/h4-12,15H,3H2,1-2H3;4-11,14H,3H2,1-2H3;8-10,13H,4-7,11H2,1-3H3;2-9,11H,10H2,1H3;7-9,11H,2-6H2,1H3;5-7H,1-4H3;4-7H,1-3H3. The Hall–Kier alpha value is -15.0. The molecule has 17 aromatic rings. The predicted molar refractivity (Wildman–Crippen MR) is 518 cm³/mol. The van der Waals surface area contributed by atoms with E-state index in [9.17, 15) is 33.6 Å². The van der Waals surface area contributed by atoms with Crippen molar-refractivity contribution in [1.82, 2.24) is 94.1 Å². The van der Waals surface area contributed by atoms with Crippen LogP contribution >= 0.6 is 0 Å². The summed E-state index contributed by atoms with van der Waals surface area (Å²) >= 11 is 0. The molecule has 0 radical (unpaired) electrons. The van der Waals surface area contributed by atoms with E-state index in [0.717, 1.165) is 158 Å². The van der Waals surface area contributed by atoms with Gasteiger partial charge >= 0.3 is 24.4 Å². The van der Waals surface area contributed by atoms with E-state index in [4.69, 9.17) is 18.9 Å². The normalized spacial score (nSPS) is 12.6. The van der Waals surface area contributed by atoms with Crippen molar-refractivity contribution in [1.29, 1.82) is 0 Å². The van der Waals surface area contributed by atoms with Gasteiger partial charge in [-0.15, -0.1) is 39.5 Å². The number of hydrogen-bond donors (Lipinski definition) is 0. The third-order valence-electron chi connectivity index (χ3n) is 22.5. The van der Waals surface area contributed by atoms with Gasteiger partial charge in [-0.1, -0.05) is 226 Å². The fourth-order valence-electron chi connectivity index (χ4n) is 15.3. The molecule has 1 fully saturated rings. The number of unbranched alkanes of at least 4 members (excludes halogenated alkanes) is 1. The number of ether oxygens (including phenoxy) is 4. The molecule has 0 saturated heterocycles. The van der Waals surface area contributed by atoms with Crippen LogP contribution in [-0.4, -0.2) is 154 Å². The second kappa shape index (κ2) is 46.2. The van der Waals surface area contributed by atoms with E-state index < -0.39 is 30.0 Å². The fourth-order valence-corrected chi connectivity index (χ4v) is 15.3. The van der Waals surface area contributed by atoms with Gasteiger partial charge in [0.15, 0.2) is 0 Å². The predicted octanol–water partition coefficient (Wildman–Crippen LogP) is 22.8. The highest BCUT2D eigenvalue weighted by Gasteiger charge is 2.28. The van der Waals surface area contributed by atoms with Crippen molar-refractivity contribution in [2.45, 2.75) is 212 Å². The first-order chi connectivity index (χ1) is 64.5. The summed E-state index contributed by atoms with van der Waals surface area (Å²) in [5, 5.41) is 39.6. The Balaban J connectivity index is 0.000000141. The molecular weight excluding hydrogens is 1690 g/mol. The van der Waals surface area contributed by atoms with E-state index in [1.807, 2.05) is 301 Å². The van der Waals surface area contributed by atoms with Crippen molar-refractivity contribution in [3.63, 3.8) is 0 Å². The quantitative estimate of drug-likeness (QED) is 0.0811. The highest BCUT2D eigenvalue weighted by Crippen LogP contribution is 2.30. The van der Waals surface area contributed by atoms with Gasteiger partial charge < -0.3 is 18.9 Å². The first-order valence-corrected chi connectivity index (χ1v) is 45.5. The summed E-state index contributed by atoms with van der Waals surface area (Å²) in [5.74, 6) is 0.379. The lowest BCUT2D eigenvalue weighted by Crippen LogP contribution is -2.27. The van der Waals surface area contributed by atoms with Gasteiger partial charge in [-0.05, 0) is 262 Å². The SMILES string of the molecule is CCC(C(=O)n1cnc2cc(C)ccc21)c1ccccc1.CCC(C(=O)n1nnc2cc(C)ccc21)c1ccccc1.CCCCC(CC)COC(=O)n1nnc2cc(C)ccc21.Cc1ccc2c(c1)ncn2C(=O)OCc1ccccc1.Cc1ccc2c(c1)nnn2C(=O)C1CCCCC1.Cc1ccc2c(c1)nnn2C(=O)OC(C)(C)C.Cc1ccc2c(c1)nnn2C(=O)OC(C)C.